The highest BCUT2D eigenvalue weighted by atomic mass is 16.5. The zero-order valence-electron chi connectivity index (χ0n) is 14.8. The van der Waals surface area contributed by atoms with Gasteiger partial charge in [0.2, 0.25) is 0 Å². The highest BCUT2D eigenvalue weighted by molar-refractivity contribution is 5.94. The maximum absolute atomic E-state index is 11.8. The second-order valence-electron chi connectivity index (χ2n) is 5.29. The molecule has 25 heavy (non-hydrogen) atoms. The van der Waals surface area contributed by atoms with Gasteiger partial charge in [-0.1, -0.05) is 12.6 Å². The van der Waals surface area contributed by atoms with Crippen LogP contribution >= 0.6 is 0 Å². The minimum Gasteiger partial charge on any atom is -0.496 e. The Morgan fingerprint density at radius 1 is 1.32 bits per heavy atom. The number of carbonyl (C=O) groups excluding carboxylic acids is 2. The summed E-state index contributed by atoms with van der Waals surface area (Å²) >= 11 is 0. The van der Waals surface area contributed by atoms with E-state index in [1.807, 2.05) is 35.7 Å². The van der Waals surface area contributed by atoms with Gasteiger partial charge in [-0.15, -0.1) is 0 Å². The predicted molar refractivity (Wildman–Crippen MR) is 94.6 cm³/mol. The number of rotatable bonds is 6. The molecule has 0 N–H and O–H groups in total. The van der Waals surface area contributed by atoms with E-state index in [9.17, 15) is 9.59 Å². The van der Waals surface area contributed by atoms with Gasteiger partial charge in [0.25, 0.3) is 0 Å². The lowest BCUT2D eigenvalue weighted by molar-refractivity contribution is -0.137. The van der Waals surface area contributed by atoms with Crippen LogP contribution in [0.2, 0.25) is 0 Å². The number of pyridine rings is 1. The van der Waals surface area contributed by atoms with Crippen LogP contribution in [-0.2, 0) is 23.8 Å². The third-order valence-corrected chi connectivity index (χ3v) is 3.62. The average Bonchev–Trinajstić information content (AvgIpc) is 2.84. The number of methoxy groups -OCH3 is 1. The van der Waals surface area contributed by atoms with Crippen LogP contribution in [-0.4, -0.2) is 30.1 Å². The number of hydrogen-bond donors (Lipinski definition) is 0. The standard InChI is InChI=1S/C19H21NO5/c1-6-24-17(22)11-16(23-5)18-12(2)19(13(3)25-14(4)21)20-10-8-7-9-15(18)20/h7-11H,3,6H2,1-2,4-5H3/b16-11+. The Bertz CT molecular complexity index is 860. The van der Waals surface area contributed by atoms with E-state index in [4.69, 9.17) is 14.2 Å². The maximum Gasteiger partial charge on any atom is 0.334 e. The minimum absolute atomic E-state index is 0.226. The van der Waals surface area contributed by atoms with Gasteiger partial charge in [-0.25, -0.2) is 4.79 Å². The molecule has 6 nitrogen and oxygen atoms in total. The number of nitrogens with zero attached hydrogens (tertiary/aromatic N) is 1. The van der Waals surface area contributed by atoms with Crippen LogP contribution in [0.25, 0.3) is 17.0 Å². The molecule has 0 unspecified atom stereocenters. The number of hydrogen-bond acceptors (Lipinski definition) is 5. The fourth-order valence-electron chi connectivity index (χ4n) is 2.73. The van der Waals surface area contributed by atoms with Crippen LogP contribution in [0.1, 0.15) is 30.7 Å². The number of ether oxygens (including phenoxy) is 3. The van der Waals surface area contributed by atoms with E-state index in [2.05, 4.69) is 6.58 Å². The van der Waals surface area contributed by atoms with E-state index in [1.165, 1.54) is 20.1 Å². The molecule has 0 aliphatic rings. The van der Waals surface area contributed by atoms with Crippen molar-refractivity contribution >= 4 is 29.0 Å². The Morgan fingerprint density at radius 2 is 2.04 bits per heavy atom. The van der Waals surface area contributed by atoms with Crippen molar-refractivity contribution in [2.75, 3.05) is 13.7 Å². The molecule has 0 amide bonds. The van der Waals surface area contributed by atoms with E-state index in [1.54, 1.807) is 6.92 Å². The van der Waals surface area contributed by atoms with Crippen molar-refractivity contribution in [2.24, 2.45) is 0 Å². The van der Waals surface area contributed by atoms with Crippen molar-refractivity contribution in [1.29, 1.82) is 0 Å². The van der Waals surface area contributed by atoms with Crippen LogP contribution in [0, 0.1) is 6.92 Å². The maximum atomic E-state index is 11.8. The third-order valence-electron chi connectivity index (χ3n) is 3.62. The molecule has 0 radical (unpaired) electrons. The van der Waals surface area contributed by atoms with Crippen molar-refractivity contribution in [3.63, 3.8) is 0 Å². The van der Waals surface area contributed by atoms with Crippen molar-refractivity contribution in [3.8, 4) is 0 Å². The molecule has 2 aromatic rings. The van der Waals surface area contributed by atoms with E-state index in [-0.39, 0.29) is 12.4 Å². The lowest BCUT2D eigenvalue weighted by atomic mass is 10.1. The molecule has 2 rings (SSSR count). The highest BCUT2D eigenvalue weighted by Gasteiger charge is 2.22. The summed E-state index contributed by atoms with van der Waals surface area (Å²) < 4.78 is 17.4. The Hall–Kier alpha value is -3.02. The zero-order valence-corrected chi connectivity index (χ0v) is 14.8. The third kappa shape index (κ3) is 3.74. The smallest absolute Gasteiger partial charge is 0.334 e. The predicted octanol–water partition coefficient (Wildman–Crippen LogP) is 3.33. The molecule has 0 atom stereocenters. The van der Waals surface area contributed by atoms with E-state index in [0.717, 1.165) is 11.1 Å². The first kappa shape index (κ1) is 18.3. The summed E-state index contributed by atoms with van der Waals surface area (Å²) in [7, 11) is 1.48. The Morgan fingerprint density at radius 3 is 2.64 bits per heavy atom. The molecule has 0 aliphatic carbocycles. The van der Waals surface area contributed by atoms with Crippen molar-refractivity contribution < 1.29 is 23.8 Å². The first-order chi connectivity index (χ1) is 11.9. The molecule has 0 spiro atoms. The molecule has 0 aromatic carbocycles. The van der Waals surface area contributed by atoms with Crippen LogP contribution in [0.5, 0.6) is 0 Å². The van der Waals surface area contributed by atoms with E-state index >= 15 is 0 Å². The monoisotopic (exact) mass is 343 g/mol. The summed E-state index contributed by atoms with van der Waals surface area (Å²) in [6, 6.07) is 5.60. The fraction of sp³-hybridized carbons (Fsp3) is 0.263. The van der Waals surface area contributed by atoms with Crippen LogP contribution in [0.15, 0.2) is 37.1 Å². The molecular weight excluding hydrogens is 322 g/mol. The van der Waals surface area contributed by atoms with E-state index in [0.29, 0.717) is 17.0 Å². The Kier molecular flexibility index (Phi) is 5.64. The fourth-order valence-corrected chi connectivity index (χ4v) is 2.73. The number of aromatic nitrogens is 1. The van der Waals surface area contributed by atoms with Crippen LogP contribution in [0.4, 0.5) is 0 Å². The molecule has 2 heterocycles. The largest absolute Gasteiger partial charge is 0.496 e. The molecule has 0 saturated carbocycles. The highest BCUT2D eigenvalue weighted by Crippen LogP contribution is 2.33. The molecule has 0 bridgehead atoms. The van der Waals surface area contributed by atoms with Gasteiger partial charge in [-0.3, -0.25) is 4.79 Å². The molecule has 0 saturated heterocycles. The van der Waals surface area contributed by atoms with E-state index < -0.39 is 11.9 Å². The average molecular weight is 343 g/mol. The summed E-state index contributed by atoms with van der Waals surface area (Å²) in [6.07, 6.45) is 3.13. The van der Waals surface area contributed by atoms with Gasteiger partial charge >= 0.3 is 11.9 Å². The van der Waals surface area contributed by atoms with Gasteiger partial charge in [-0.05, 0) is 31.5 Å². The van der Waals surface area contributed by atoms with Gasteiger partial charge in [0.05, 0.1) is 31.0 Å². The lowest BCUT2D eigenvalue weighted by Gasteiger charge is -2.08. The molecule has 6 heteroatoms. The van der Waals surface area contributed by atoms with Gasteiger partial charge in [0.15, 0.2) is 0 Å². The zero-order chi connectivity index (χ0) is 18.6. The Balaban J connectivity index is 2.68. The van der Waals surface area contributed by atoms with Gasteiger partial charge in [-0.2, -0.15) is 0 Å². The molecular formula is C19H21NO5. The summed E-state index contributed by atoms with van der Waals surface area (Å²) in [4.78, 5) is 23.1. The quantitative estimate of drug-likeness (QED) is 0.457. The van der Waals surface area contributed by atoms with Gasteiger partial charge in [0.1, 0.15) is 11.5 Å². The number of fused-ring (bicyclic) bond motifs is 1. The second kappa shape index (κ2) is 7.70. The number of esters is 2. The van der Waals surface area contributed by atoms with Crippen LogP contribution in [0.3, 0.4) is 0 Å². The second-order valence-corrected chi connectivity index (χ2v) is 5.29. The van der Waals surface area contributed by atoms with Crippen molar-refractivity contribution in [1.82, 2.24) is 4.40 Å². The van der Waals surface area contributed by atoms with Gasteiger partial charge in [0, 0.05) is 18.7 Å². The summed E-state index contributed by atoms with van der Waals surface area (Å²) in [6.45, 7) is 9.03. The molecule has 0 fully saturated rings. The minimum atomic E-state index is -0.491. The summed E-state index contributed by atoms with van der Waals surface area (Å²) in [5.74, 6) is -0.356. The van der Waals surface area contributed by atoms with Crippen molar-refractivity contribution in [2.45, 2.75) is 20.8 Å². The molecule has 0 aliphatic heterocycles. The lowest BCUT2D eigenvalue weighted by Crippen LogP contribution is -2.02. The first-order valence-electron chi connectivity index (χ1n) is 7.80. The normalized spacial score (nSPS) is 11.3. The number of carbonyl (C=O) groups is 2. The molecule has 132 valence electrons. The summed E-state index contributed by atoms with van der Waals surface area (Å²) in [5.41, 5.74) is 2.91. The van der Waals surface area contributed by atoms with Crippen LogP contribution < -0.4 is 0 Å². The van der Waals surface area contributed by atoms with Gasteiger partial charge < -0.3 is 18.6 Å². The Labute approximate surface area is 146 Å². The van der Waals surface area contributed by atoms with Crippen molar-refractivity contribution in [3.05, 3.63) is 53.9 Å². The summed E-state index contributed by atoms with van der Waals surface area (Å²) in [5, 5.41) is 0. The molecule has 2 aromatic heterocycles. The SMILES string of the molecule is C=C(OC(C)=O)c1c(C)c(/C(=C\C(=O)OCC)OC)c2ccccn12. The topological polar surface area (TPSA) is 66.2 Å². The first-order valence-corrected chi connectivity index (χ1v) is 7.80.